The molecule has 106 valence electrons. The van der Waals surface area contributed by atoms with Crippen LogP contribution >= 0.6 is 15.9 Å². The van der Waals surface area contributed by atoms with Crippen LogP contribution in [0.15, 0.2) is 22.7 Å². The van der Waals surface area contributed by atoms with Crippen LogP contribution in [0.5, 0.6) is 0 Å². The summed E-state index contributed by atoms with van der Waals surface area (Å²) in [5, 5.41) is 10.9. The second kappa shape index (κ2) is 4.54. The Hall–Kier alpha value is -0.450. The zero-order valence-corrected chi connectivity index (χ0v) is 13.3. The summed E-state index contributed by atoms with van der Waals surface area (Å²) in [7, 11) is 0. The Morgan fingerprint density at radius 2 is 1.95 bits per heavy atom. The minimum atomic E-state index is -0.951. The Kier molecular flexibility index (Phi) is 3.57. The molecule has 4 heteroatoms. The number of benzene rings is 1. The van der Waals surface area contributed by atoms with E-state index in [1.165, 1.54) is 6.07 Å². The molecule has 2 rings (SSSR count). The van der Waals surface area contributed by atoms with Gasteiger partial charge in [-0.25, -0.2) is 4.39 Å². The molecule has 1 aromatic carbocycles. The van der Waals surface area contributed by atoms with Gasteiger partial charge in [-0.3, -0.25) is 0 Å². The van der Waals surface area contributed by atoms with Gasteiger partial charge in [0.05, 0.1) is 21.3 Å². The van der Waals surface area contributed by atoms with Gasteiger partial charge in [-0.1, -0.05) is 6.07 Å². The van der Waals surface area contributed by atoms with Gasteiger partial charge in [0.25, 0.3) is 0 Å². The SMILES string of the molecule is CC1(C)CC(O)(Cc2ccc(F)c(Br)c2)C(C)(C)O1. The van der Waals surface area contributed by atoms with Crippen LogP contribution in [0.25, 0.3) is 0 Å². The highest BCUT2D eigenvalue weighted by Crippen LogP contribution is 2.46. The molecule has 0 aromatic heterocycles. The van der Waals surface area contributed by atoms with E-state index >= 15 is 0 Å². The van der Waals surface area contributed by atoms with Gasteiger partial charge in [0.2, 0.25) is 0 Å². The van der Waals surface area contributed by atoms with Gasteiger partial charge in [-0.2, -0.15) is 0 Å². The molecule has 1 aliphatic heterocycles. The first-order valence-electron chi connectivity index (χ1n) is 6.41. The lowest BCUT2D eigenvalue weighted by Crippen LogP contribution is -2.48. The molecule has 2 nitrogen and oxygen atoms in total. The fourth-order valence-electron chi connectivity index (χ4n) is 3.00. The van der Waals surface area contributed by atoms with Crippen LogP contribution in [-0.4, -0.2) is 21.9 Å². The molecule has 0 spiro atoms. The average molecular weight is 331 g/mol. The number of rotatable bonds is 2. The molecule has 0 radical (unpaired) electrons. The normalized spacial score (nSPS) is 28.6. The van der Waals surface area contributed by atoms with Crippen molar-refractivity contribution in [1.82, 2.24) is 0 Å². The van der Waals surface area contributed by atoms with Crippen LogP contribution in [0.3, 0.4) is 0 Å². The Morgan fingerprint density at radius 3 is 2.42 bits per heavy atom. The maximum atomic E-state index is 13.2. The lowest BCUT2D eigenvalue weighted by Gasteiger charge is -2.35. The van der Waals surface area contributed by atoms with Crippen molar-refractivity contribution >= 4 is 15.9 Å². The van der Waals surface area contributed by atoms with E-state index in [-0.39, 0.29) is 11.4 Å². The minimum Gasteiger partial charge on any atom is -0.386 e. The van der Waals surface area contributed by atoms with Gasteiger partial charge in [-0.05, 0) is 61.3 Å². The molecule has 19 heavy (non-hydrogen) atoms. The fraction of sp³-hybridized carbons (Fsp3) is 0.600. The van der Waals surface area contributed by atoms with E-state index in [0.29, 0.717) is 17.3 Å². The standard InChI is InChI=1S/C15H20BrFO2/c1-13(2)9-15(18,14(3,4)19-13)8-10-5-6-12(17)11(16)7-10/h5-7,18H,8-9H2,1-4H3. The number of aliphatic hydroxyl groups is 1. The van der Waals surface area contributed by atoms with E-state index in [0.717, 1.165) is 5.56 Å². The van der Waals surface area contributed by atoms with E-state index in [9.17, 15) is 9.50 Å². The molecule has 1 aromatic rings. The van der Waals surface area contributed by atoms with E-state index in [1.807, 2.05) is 27.7 Å². The van der Waals surface area contributed by atoms with Crippen molar-refractivity contribution in [3.63, 3.8) is 0 Å². The molecule has 1 heterocycles. The third kappa shape index (κ3) is 2.86. The quantitative estimate of drug-likeness (QED) is 0.892. The topological polar surface area (TPSA) is 29.5 Å². The second-order valence-corrected chi connectivity index (χ2v) is 7.36. The predicted molar refractivity (Wildman–Crippen MR) is 76.6 cm³/mol. The van der Waals surface area contributed by atoms with Crippen LogP contribution in [0.1, 0.15) is 39.7 Å². The number of hydrogen-bond acceptors (Lipinski definition) is 2. The molecule has 0 aliphatic carbocycles. The van der Waals surface area contributed by atoms with Crippen molar-refractivity contribution in [2.24, 2.45) is 0 Å². The molecule has 0 saturated carbocycles. The highest BCUT2D eigenvalue weighted by atomic mass is 79.9. The summed E-state index contributed by atoms with van der Waals surface area (Å²) < 4.78 is 19.6. The van der Waals surface area contributed by atoms with Gasteiger partial charge < -0.3 is 9.84 Å². The van der Waals surface area contributed by atoms with Crippen LogP contribution in [0, 0.1) is 5.82 Å². The molecule has 0 amide bonds. The summed E-state index contributed by atoms with van der Waals surface area (Å²) in [5.74, 6) is -0.294. The Labute approximate surface area is 122 Å². The minimum absolute atomic E-state index is 0.294. The summed E-state index contributed by atoms with van der Waals surface area (Å²) in [6.07, 6.45) is 1.00. The summed E-state index contributed by atoms with van der Waals surface area (Å²) in [5.41, 5.74) is -1.04. The lowest BCUT2D eigenvalue weighted by molar-refractivity contribution is -0.125. The third-order valence-electron chi connectivity index (χ3n) is 3.85. The molecule has 1 unspecified atom stereocenters. The first kappa shape index (κ1) is 14.9. The lowest BCUT2D eigenvalue weighted by atomic mass is 9.78. The smallest absolute Gasteiger partial charge is 0.137 e. The van der Waals surface area contributed by atoms with Crippen molar-refractivity contribution in [1.29, 1.82) is 0 Å². The average Bonchev–Trinajstić information content (AvgIpc) is 2.36. The molecule has 1 atom stereocenters. The maximum absolute atomic E-state index is 13.2. The molecular weight excluding hydrogens is 311 g/mol. The zero-order chi connectivity index (χ0) is 14.5. The summed E-state index contributed by atoms with van der Waals surface area (Å²) in [6, 6.07) is 4.84. The highest BCUT2D eigenvalue weighted by molar-refractivity contribution is 9.10. The van der Waals surface area contributed by atoms with E-state index in [2.05, 4.69) is 15.9 Å². The van der Waals surface area contributed by atoms with Crippen molar-refractivity contribution in [3.05, 3.63) is 34.1 Å². The van der Waals surface area contributed by atoms with Gasteiger partial charge in [0, 0.05) is 12.8 Å². The second-order valence-electron chi connectivity index (χ2n) is 6.51. The van der Waals surface area contributed by atoms with Crippen molar-refractivity contribution in [2.45, 2.75) is 57.3 Å². The van der Waals surface area contributed by atoms with Crippen LogP contribution < -0.4 is 0 Å². The Balaban J connectivity index is 2.28. The molecule has 1 saturated heterocycles. The van der Waals surface area contributed by atoms with Crippen molar-refractivity contribution < 1.29 is 14.2 Å². The Morgan fingerprint density at radius 1 is 1.32 bits per heavy atom. The largest absolute Gasteiger partial charge is 0.386 e. The molecule has 1 fully saturated rings. The van der Waals surface area contributed by atoms with E-state index < -0.39 is 11.2 Å². The molecular formula is C15H20BrFO2. The van der Waals surface area contributed by atoms with E-state index in [4.69, 9.17) is 4.74 Å². The monoisotopic (exact) mass is 330 g/mol. The van der Waals surface area contributed by atoms with Crippen LogP contribution in [0.4, 0.5) is 4.39 Å². The number of halogens is 2. The van der Waals surface area contributed by atoms with Gasteiger partial charge >= 0.3 is 0 Å². The van der Waals surface area contributed by atoms with Crippen molar-refractivity contribution in [3.8, 4) is 0 Å². The fourth-order valence-corrected chi connectivity index (χ4v) is 3.43. The highest BCUT2D eigenvalue weighted by Gasteiger charge is 2.56. The molecule has 1 N–H and O–H groups in total. The van der Waals surface area contributed by atoms with Crippen molar-refractivity contribution in [2.75, 3.05) is 0 Å². The zero-order valence-electron chi connectivity index (χ0n) is 11.8. The van der Waals surface area contributed by atoms with Gasteiger partial charge in [-0.15, -0.1) is 0 Å². The predicted octanol–water partition coefficient (Wildman–Crippen LogP) is 3.84. The molecule has 0 bridgehead atoms. The summed E-state index contributed by atoms with van der Waals surface area (Å²) in [4.78, 5) is 0. The van der Waals surface area contributed by atoms with Gasteiger partial charge in [0.1, 0.15) is 5.82 Å². The van der Waals surface area contributed by atoms with Gasteiger partial charge in [0.15, 0.2) is 0 Å². The number of hydrogen-bond donors (Lipinski definition) is 1. The third-order valence-corrected chi connectivity index (χ3v) is 4.46. The maximum Gasteiger partial charge on any atom is 0.137 e. The van der Waals surface area contributed by atoms with Crippen LogP contribution in [-0.2, 0) is 11.2 Å². The van der Waals surface area contributed by atoms with E-state index in [1.54, 1.807) is 12.1 Å². The summed E-state index contributed by atoms with van der Waals surface area (Å²) in [6.45, 7) is 7.77. The Bertz CT molecular complexity index is 499. The first-order valence-corrected chi connectivity index (χ1v) is 7.21. The summed E-state index contributed by atoms with van der Waals surface area (Å²) >= 11 is 3.18. The first-order chi connectivity index (χ1) is 8.55. The van der Waals surface area contributed by atoms with Crippen LogP contribution in [0.2, 0.25) is 0 Å². The number of ether oxygens (including phenoxy) is 1. The molecule has 1 aliphatic rings.